The molecule has 0 aliphatic heterocycles. The minimum atomic E-state index is 0.252. The van der Waals surface area contributed by atoms with E-state index in [1.165, 1.54) is 5.57 Å². The molecule has 0 rings (SSSR count). The minimum absolute atomic E-state index is 0.252. The summed E-state index contributed by atoms with van der Waals surface area (Å²) in [6.45, 7) is 18.2. The first-order valence-corrected chi connectivity index (χ1v) is 6.54. The van der Waals surface area contributed by atoms with Crippen LogP contribution in [0.4, 0.5) is 0 Å². The highest BCUT2D eigenvalue weighted by atomic mass is 14.2. The van der Waals surface area contributed by atoms with E-state index < -0.39 is 0 Å². The van der Waals surface area contributed by atoms with Crippen LogP contribution in [0.25, 0.3) is 0 Å². The van der Waals surface area contributed by atoms with Crippen LogP contribution in [0.5, 0.6) is 0 Å². The maximum Gasteiger partial charge on any atom is -0.0135 e. The Hall–Kier alpha value is -0.520. The van der Waals surface area contributed by atoms with Crippen LogP contribution in [0.2, 0.25) is 0 Å². The monoisotopic (exact) mass is 222 g/mol. The van der Waals surface area contributed by atoms with Gasteiger partial charge in [-0.25, -0.2) is 0 Å². The highest BCUT2D eigenvalue weighted by Crippen LogP contribution is 2.34. The van der Waals surface area contributed by atoms with Crippen molar-refractivity contribution >= 4 is 0 Å². The normalized spacial score (nSPS) is 15.5. The number of hydrogen-bond acceptors (Lipinski definition) is 0. The Morgan fingerprint density at radius 3 is 1.62 bits per heavy atom. The summed E-state index contributed by atoms with van der Waals surface area (Å²) in [6.07, 6.45) is 7.04. The van der Waals surface area contributed by atoms with Gasteiger partial charge in [0.2, 0.25) is 0 Å². The van der Waals surface area contributed by atoms with E-state index in [1.54, 1.807) is 5.57 Å². The summed E-state index contributed by atoms with van der Waals surface area (Å²) in [4.78, 5) is 0. The topological polar surface area (TPSA) is 0 Å². The van der Waals surface area contributed by atoms with Crippen molar-refractivity contribution in [1.82, 2.24) is 0 Å². The van der Waals surface area contributed by atoms with Gasteiger partial charge in [-0.15, -0.1) is 0 Å². The average molecular weight is 222 g/mol. The van der Waals surface area contributed by atoms with Crippen LogP contribution in [0.3, 0.4) is 0 Å². The Morgan fingerprint density at radius 1 is 0.875 bits per heavy atom. The third kappa shape index (κ3) is 5.01. The number of allylic oxidation sites excluding steroid dienone is 4. The second kappa shape index (κ2) is 5.70. The largest absolute Gasteiger partial charge is 0.0811 e. The molecule has 0 bridgehead atoms. The predicted molar refractivity (Wildman–Crippen MR) is 75.7 cm³/mol. The van der Waals surface area contributed by atoms with Gasteiger partial charge in [-0.05, 0) is 29.2 Å². The molecule has 0 saturated carbocycles. The zero-order valence-electron chi connectivity index (χ0n) is 12.6. The van der Waals surface area contributed by atoms with Crippen molar-refractivity contribution < 1.29 is 0 Å². The molecule has 0 N–H and O–H groups in total. The van der Waals surface area contributed by atoms with E-state index in [9.17, 15) is 0 Å². The van der Waals surface area contributed by atoms with Gasteiger partial charge in [0.1, 0.15) is 0 Å². The van der Waals surface area contributed by atoms with E-state index in [-0.39, 0.29) is 10.8 Å². The molecule has 0 aromatic carbocycles. The van der Waals surface area contributed by atoms with Gasteiger partial charge in [0.25, 0.3) is 0 Å². The zero-order chi connectivity index (χ0) is 13.0. The lowest BCUT2D eigenvalue weighted by atomic mass is 9.79. The van der Waals surface area contributed by atoms with Gasteiger partial charge >= 0.3 is 0 Å². The molecular weight excluding hydrogens is 192 g/mol. The smallest absolute Gasteiger partial charge is 0.0135 e. The fraction of sp³-hybridized carbons (Fsp3) is 0.750. The summed E-state index contributed by atoms with van der Waals surface area (Å²) in [6, 6.07) is 0. The predicted octanol–water partition coefficient (Wildman–Crippen LogP) is 5.75. The lowest BCUT2D eigenvalue weighted by molar-refractivity contribution is 0.477. The highest BCUT2D eigenvalue weighted by Gasteiger charge is 2.19. The lowest BCUT2D eigenvalue weighted by Crippen LogP contribution is -2.13. The summed E-state index contributed by atoms with van der Waals surface area (Å²) in [5, 5.41) is 0. The molecular formula is C16H30. The quantitative estimate of drug-likeness (QED) is 0.533. The first-order valence-electron chi connectivity index (χ1n) is 6.54. The van der Waals surface area contributed by atoms with E-state index in [1.807, 2.05) is 0 Å². The van der Waals surface area contributed by atoms with Gasteiger partial charge in [0, 0.05) is 0 Å². The second-order valence-electron chi connectivity index (χ2n) is 6.59. The molecule has 0 aromatic heterocycles. The van der Waals surface area contributed by atoms with Crippen molar-refractivity contribution in [2.24, 2.45) is 10.8 Å². The van der Waals surface area contributed by atoms with E-state index in [0.29, 0.717) is 0 Å². The van der Waals surface area contributed by atoms with Crippen molar-refractivity contribution in [2.75, 3.05) is 0 Å². The molecule has 94 valence electrons. The molecule has 0 heterocycles. The zero-order valence-corrected chi connectivity index (χ0v) is 12.6. The molecule has 0 radical (unpaired) electrons. The van der Waals surface area contributed by atoms with Crippen LogP contribution in [0, 0.1) is 10.8 Å². The first kappa shape index (κ1) is 15.5. The van der Waals surface area contributed by atoms with Crippen LogP contribution in [-0.2, 0) is 0 Å². The maximum atomic E-state index is 2.42. The Labute approximate surface area is 103 Å². The Morgan fingerprint density at radius 2 is 1.38 bits per heavy atom. The van der Waals surface area contributed by atoms with Crippen molar-refractivity contribution in [3.8, 4) is 0 Å². The first-order chi connectivity index (χ1) is 7.12. The van der Waals surface area contributed by atoms with Crippen LogP contribution >= 0.6 is 0 Å². The summed E-state index contributed by atoms with van der Waals surface area (Å²) in [5.41, 5.74) is 3.55. The fourth-order valence-corrected chi connectivity index (χ4v) is 1.84. The highest BCUT2D eigenvalue weighted by molar-refractivity contribution is 5.30. The lowest BCUT2D eigenvalue weighted by Gasteiger charge is -2.27. The number of rotatable bonds is 3. The summed E-state index contributed by atoms with van der Waals surface area (Å²) in [7, 11) is 0. The molecule has 0 saturated heterocycles. The summed E-state index contributed by atoms with van der Waals surface area (Å²) in [5.74, 6) is 0. The Balaban J connectivity index is 5.28. The molecule has 0 amide bonds. The van der Waals surface area contributed by atoms with E-state index >= 15 is 0 Å². The Bertz CT molecular complexity index is 263. The van der Waals surface area contributed by atoms with Crippen LogP contribution in [0.1, 0.15) is 68.2 Å². The van der Waals surface area contributed by atoms with Crippen LogP contribution in [0.15, 0.2) is 23.3 Å². The van der Waals surface area contributed by atoms with Gasteiger partial charge in [-0.1, -0.05) is 73.1 Å². The summed E-state index contributed by atoms with van der Waals surface area (Å²) < 4.78 is 0. The summed E-state index contributed by atoms with van der Waals surface area (Å²) >= 11 is 0. The van der Waals surface area contributed by atoms with E-state index in [4.69, 9.17) is 0 Å². The molecule has 0 spiro atoms. The SMILES string of the molecule is CC/C=C(\C=C(/CC)C(C)(C)C)C(C)(C)C. The molecule has 0 fully saturated rings. The third-order valence-electron chi connectivity index (χ3n) is 2.96. The van der Waals surface area contributed by atoms with Gasteiger partial charge in [-0.3, -0.25) is 0 Å². The van der Waals surface area contributed by atoms with Gasteiger partial charge in [0.15, 0.2) is 0 Å². The second-order valence-corrected chi connectivity index (χ2v) is 6.59. The molecule has 0 aliphatic rings. The van der Waals surface area contributed by atoms with Crippen molar-refractivity contribution in [2.45, 2.75) is 68.2 Å². The van der Waals surface area contributed by atoms with Crippen molar-refractivity contribution in [3.05, 3.63) is 23.3 Å². The molecule has 0 heteroatoms. The minimum Gasteiger partial charge on any atom is -0.0811 e. The van der Waals surface area contributed by atoms with Crippen molar-refractivity contribution in [1.29, 1.82) is 0 Å². The Kier molecular flexibility index (Phi) is 5.52. The van der Waals surface area contributed by atoms with Crippen LogP contribution < -0.4 is 0 Å². The van der Waals surface area contributed by atoms with Gasteiger partial charge in [-0.2, -0.15) is 0 Å². The van der Waals surface area contributed by atoms with Gasteiger partial charge < -0.3 is 0 Å². The maximum absolute atomic E-state index is 2.42. The van der Waals surface area contributed by atoms with Gasteiger partial charge in [0.05, 0.1) is 0 Å². The van der Waals surface area contributed by atoms with E-state index in [2.05, 4.69) is 67.5 Å². The van der Waals surface area contributed by atoms with Crippen LogP contribution in [-0.4, -0.2) is 0 Å². The molecule has 0 unspecified atom stereocenters. The van der Waals surface area contributed by atoms with Crippen molar-refractivity contribution in [3.63, 3.8) is 0 Å². The molecule has 0 atom stereocenters. The average Bonchev–Trinajstić information content (AvgIpc) is 2.07. The van der Waals surface area contributed by atoms with E-state index in [0.717, 1.165) is 12.8 Å². The standard InChI is InChI=1S/C16H30/c1-9-11-14(16(6,7)8)12-13(10-2)15(3,4)5/h11-12H,9-10H2,1-8H3/b13-12+,14-11+. The molecule has 0 nitrogen and oxygen atoms in total. The fourth-order valence-electron chi connectivity index (χ4n) is 1.84. The number of hydrogen-bond donors (Lipinski definition) is 0. The third-order valence-corrected chi connectivity index (χ3v) is 2.96. The molecule has 0 aromatic rings. The molecule has 16 heavy (non-hydrogen) atoms. The molecule has 0 aliphatic carbocycles.